The topological polar surface area (TPSA) is 55.6 Å². The SMILES string of the molecule is O=C(c1coc(-c2ccc(OCCCCl)cc2)n1)N1CCCCC1. The van der Waals surface area contributed by atoms with Crippen LogP contribution >= 0.6 is 11.6 Å². The van der Waals surface area contributed by atoms with Gasteiger partial charge in [-0.3, -0.25) is 4.79 Å². The molecule has 2 heterocycles. The van der Waals surface area contributed by atoms with Crippen molar-refractivity contribution in [1.29, 1.82) is 0 Å². The summed E-state index contributed by atoms with van der Waals surface area (Å²) < 4.78 is 11.0. The third kappa shape index (κ3) is 4.09. The molecule has 24 heavy (non-hydrogen) atoms. The summed E-state index contributed by atoms with van der Waals surface area (Å²) in [5, 5.41) is 0. The highest BCUT2D eigenvalue weighted by Gasteiger charge is 2.21. The number of likely N-dealkylation sites (tertiary alicyclic amines) is 1. The van der Waals surface area contributed by atoms with Crippen molar-refractivity contribution in [3.05, 3.63) is 36.2 Å². The lowest BCUT2D eigenvalue weighted by molar-refractivity contribution is 0.0718. The van der Waals surface area contributed by atoms with E-state index in [4.69, 9.17) is 20.8 Å². The highest BCUT2D eigenvalue weighted by Crippen LogP contribution is 2.23. The summed E-state index contributed by atoms with van der Waals surface area (Å²) in [6.07, 6.45) is 5.55. The van der Waals surface area contributed by atoms with Crippen molar-refractivity contribution in [3.8, 4) is 17.2 Å². The van der Waals surface area contributed by atoms with Crippen molar-refractivity contribution >= 4 is 17.5 Å². The van der Waals surface area contributed by atoms with Gasteiger partial charge in [-0.2, -0.15) is 0 Å². The number of hydrogen-bond donors (Lipinski definition) is 0. The second-order valence-corrected chi connectivity index (χ2v) is 6.18. The van der Waals surface area contributed by atoms with E-state index in [-0.39, 0.29) is 5.91 Å². The standard InChI is InChI=1S/C18H21ClN2O3/c19-9-4-12-23-15-7-5-14(6-8-15)17-20-16(13-24-17)18(22)21-10-2-1-3-11-21/h5-8,13H,1-4,9-12H2. The molecular weight excluding hydrogens is 328 g/mol. The Kier molecular flexibility index (Phi) is 5.75. The summed E-state index contributed by atoms with van der Waals surface area (Å²) in [5.74, 6) is 1.76. The van der Waals surface area contributed by atoms with Gasteiger partial charge in [-0.05, 0) is 49.9 Å². The van der Waals surface area contributed by atoms with Gasteiger partial charge in [-0.15, -0.1) is 11.6 Å². The molecule has 5 nitrogen and oxygen atoms in total. The number of piperidine rings is 1. The largest absolute Gasteiger partial charge is 0.494 e. The molecule has 1 aliphatic rings. The minimum Gasteiger partial charge on any atom is -0.494 e. The number of rotatable bonds is 6. The second kappa shape index (κ2) is 8.20. The normalized spacial score (nSPS) is 14.6. The lowest BCUT2D eigenvalue weighted by atomic mass is 10.1. The van der Waals surface area contributed by atoms with Gasteiger partial charge in [0.2, 0.25) is 5.89 Å². The van der Waals surface area contributed by atoms with Crippen molar-refractivity contribution in [3.63, 3.8) is 0 Å². The minimum atomic E-state index is -0.0503. The number of hydrogen-bond acceptors (Lipinski definition) is 4. The molecule has 0 spiro atoms. The zero-order valence-corrected chi connectivity index (χ0v) is 14.3. The smallest absolute Gasteiger partial charge is 0.275 e. The third-order valence-corrected chi connectivity index (χ3v) is 4.28. The van der Waals surface area contributed by atoms with Gasteiger partial charge in [-0.1, -0.05) is 0 Å². The molecule has 0 unspecified atom stereocenters. The molecule has 0 radical (unpaired) electrons. The summed E-state index contributed by atoms with van der Waals surface area (Å²) in [6.45, 7) is 2.20. The van der Waals surface area contributed by atoms with Crippen molar-refractivity contribution < 1.29 is 13.9 Å². The fourth-order valence-electron chi connectivity index (χ4n) is 2.70. The Hall–Kier alpha value is -2.01. The molecule has 0 N–H and O–H groups in total. The van der Waals surface area contributed by atoms with Crippen LogP contribution in [0.4, 0.5) is 0 Å². The molecule has 1 aliphatic heterocycles. The fraction of sp³-hybridized carbons (Fsp3) is 0.444. The van der Waals surface area contributed by atoms with Crippen LogP contribution in [0.5, 0.6) is 5.75 Å². The quantitative estimate of drug-likeness (QED) is 0.585. The van der Waals surface area contributed by atoms with Crippen molar-refractivity contribution in [2.45, 2.75) is 25.7 Å². The minimum absolute atomic E-state index is 0.0503. The molecule has 1 aromatic carbocycles. The first kappa shape index (κ1) is 16.8. The Morgan fingerprint density at radius 3 is 2.67 bits per heavy atom. The number of carbonyl (C=O) groups is 1. The average molecular weight is 349 g/mol. The van der Waals surface area contributed by atoms with E-state index in [1.165, 1.54) is 12.7 Å². The van der Waals surface area contributed by atoms with Crippen LogP contribution in [0.25, 0.3) is 11.5 Å². The summed E-state index contributed by atoms with van der Waals surface area (Å²) in [4.78, 5) is 18.6. The van der Waals surface area contributed by atoms with Crippen LogP contribution in [-0.2, 0) is 0 Å². The van der Waals surface area contributed by atoms with Gasteiger partial charge < -0.3 is 14.1 Å². The molecule has 1 saturated heterocycles. The first-order valence-corrected chi connectivity index (χ1v) is 8.85. The zero-order chi connectivity index (χ0) is 16.8. The van der Waals surface area contributed by atoms with Crippen LogP contribution in [0.2, 0.25) is 0 Å². The molecule has 2 aromatic rings. The van der Waals surface area contributed by atoms with E-state index in [0.717, 1.165) is 43.7 Å². The van der Waals surface area contributed by atoms with E-state index in [9.17, 15) is 4.79 Å². The Morgan fingerprint density at radius 1 is 1.21 bits per heavy atom. The van der Waals surface area contributed by atoms with Crippen LogP contribution in [0.3, 0.4) is 0 Å². The predicted molar refractivity (Wildman–Crippen MR) is 92.5 cm³/mol. The van der Waals surface area contributed by atoms with Crippen molar-refractivity contribution in [2.24, 2.45) is 0 Å². The van der Waals surface area contributed by atoms with Gasteiger partial charge in [0.1, 0.15) is 12.0 Å². The van der Waals surface area contributed by atoms with E-state index in [2.05, 4.69) is 4.98 Å². The zero-order valence-electron chi connectivity index (χ0n) is 13.5. The van der Waals surface area contributed by atoms with E-state index in [1.54, 1.807) is 0 Å². The Labute approximate surface area is 146 Å². The molecular formula is C18H21ClN2O3. The number of amides is 1. The summed E-state index contributed by atoms with van der Waals surface area (Å²) in [6, 6.07) is 7.47. The molecule has 0 bridgehead atoms. The molecule has 1 amide bonds. The van der Waals surface area contributed by atoms with Crippen LogP contribution < -0.4 is 4.74 Å². The monoisotopic (exact) mass is 348 g/mol. The van der Waals surface area contributed by atoms with Crippen molar-refractivity contribution in [2.75, 3.05) is 25.6 Å². The summed E-state index contributed by atoms with van der Waals surface area (Å²) >= 11 is 5.63. The lowest BCUT2D eigenvalue weighted by Gasteiger charge is -2.25. The van der Waals surface area contributed by atoms with Gasteiger partial charge in [0.25, 0.3) is 5.91 Å². The highest BCUT2D eigenvalue weighted by atomic mass is 35.5. The number of ether oxygens (including phenoxy) is 1. The predicted octanol–water partition coefficient (Wildman–Crippen LogP) is 3.98. The number of nitrogens with zero attached hydrogens (tertiary/aromatic N) is 2. The number of carbonyl (C=O) groups excluding carboxylic acids is 1. The molecule has 0 atom stereocenters. The Bertz CT molecular complexity index is 663. The summed E-state index contributed by atoms with van der Waals surface area (Å²) in [5.41, 5.74) is 1.19. The van der Waals surface area contributed by atoms with E-state index >= 15 is 0 Å². The van der Waals surface area contributed by atoms with Gasteiger partial charge >= 0.3 is 0 Å². The number of alkyl halides is 1. The summed E-state index contributed by atoms with van der Waals surface area (Å²) in [7, 11) is 0. The molecule has 1 aromatic heterocycles. The van der Waals surface area contributed by atoms with Gasteiger partial charge in [0.05, 0.1) is 6.61 Å². The van der Waals surface area contributed by atoms with Gasteiger partial charge in [0.15, 0.2) is 5.69 Å². The van der Waals surface area contributed by atoms with Gasteiger partial charge in [0, 0.05) is 24.5 Å². The number of oxazole rings is 1. The van der Waals surface area contributed by atoms with Crippen molar-refractivity contribution in [1.82, 2.24) is 9.88 Å². The highest BCUT2D eigenvalue weighted by molar-refractivity contribution is 6.17. The van der Waals surface area contributed by atoms with Crippen LogP contribution in [0, 0.1) is 0 Å². The molecule has 3 rings (SSSR count). The Morgan fingerprint density at radius 2 is 1.96 bits per heavy atom. The first-order chi connectivity index (χ1) is 11.8. The number of halogens is 1. The lowest BCUT2D eigenvalue weighted by Crippen LogP contribution is -2.35. The van der Waals surface area contributed by atoms with E-state index in [1.807, 2.05) is 29.2 Å². The van der Waals surface area contributed by atoms with Crippen LogP contribution in [0.15, 0.2) is 34.9 Å². The molecule has 1 fully saturated rings. The van der Waals surface area contributed by atoms with E-state index in [0.29, 0.717) is 24.1 Å². The maximum absolute atomic E-state index is 12.4. The molecule has 6 heteroatoms. The molecule has 128 valence electrons. The maximum atomic E-state index is 12.4. The van der Waals surface area contributed by atoms with Gasteiger partial charge in [-0.25, -0.2) is 4.98 Å². The fourth-order valence-corrected chi connectivity index (χ4v) is 2.81. The number of aromatic nitrogens is 1. The first-order valence-electron chi connectivity index (χ1n) is 8.32. The molecule has 0 aliphatic carbocycles. The van der Waals surface area contributed by atoms with E-state index < -0.39 is 0 Å². The molecule has 0 saturated carbocycles. The number of benzene rings is 1. The third-order valence-electron chi connectivity index (χ3n) is 4.01. The van der Waals surface area contributed by atoms with Crippen LogP contribution in [0.1, 0.15) is 36.2 Å². The average Bonchev–Trinajstić information content (AvgIpc) is 3.13. The maximum Gasteiger partial charge on any atom is 0.275 e. The second-order valence-electron chi connectivity index (χ2n) is 5.81. The Balaban J connectivity index is 1.65. The van der Waals surface area contributed by atoms with Crippen LogP contribution in [-0.4, -0.2) is 41.4 Å².